The zero-order valence-electron chi connectivity index (χ0n) is 5.74. The van der Waals surface area contributed by atoms with E-state index in [2.05, 4.69) is 5.32 Å². The van der Waals surface area contributed by atoms with Gasteiger partial charge in [-0.1, -0.05) is 0 Å². The summed E-state index contributed by atoms with van der Waals surface area (Å²) in [7, 11) is 0. The fourth-order valence-corrected chi connectivity index (χ4v) is 1.86. The average Bonchev–Trinajstić information content (AvgIpc) is 1.73. The molecule has 1 saturated carbocycles. The van der Waals surface area contributed by atoms with Crippen molar-refractivity contribution in [2.24, 2.45) is 5.92 Å². The summed E-state index contributed by atoms with van der Waals surface area (Å²) in [6.45, 7) is 0.494. The van der Waals surface area contributed by atoms with E-state index in [1.807, 2.05) is 0 Å². The van der Waals surface area contributed by atoms with Gasteiger partial charge in [0.15, 0.2) is 0 Å². The minimum absolute atomic E-state index is 0.0359. The molecule has 2 unspecified atom stereocenters. The molecule has 0 spiro atoms. The van der Waals surface area contributed by atoms with Crippen LogP contribution in [0.3, 0.4) is 0 Å². The fourth-order valence-electron chi connectivity index (χ4n) is 1.86. The van der Waals surface area contributed by atoms with E-state index in [4.69, 9.17) is 0 Å². The number of hydrogen-bond acceptors (Lipinski definition) is 1. The highest BCUT2D eigenvalue weighted by atomic mass is 19.3. The predicted molar refractivity (Wildman–Crippen MR) is 34.1 cm³/mol. The molecule has 0 bridgehead atoms. The van der Waals surface area contributed by atoms with Gasteiger partial charge in [0.2, 0.25) is 0 Å². The Kier molecular flexibility index (Phi) is 1.24. The third-order valence-corrected chi connectivity index (χ3v) is 2.68. The molecule has 0 aromatic carbocycles. The zero-order chi connectivity index (χ0) is 7.19. The molecule has 1 saturated heterocycles. The number of piperidine rings is 1. The second-order valence-electron chi connectivity index (χ2n) is 3.26. The summed E-state index contributed by atoms with van der Waals surface area (Å²) in [6, 6.07) is 0.128. The van der Waals surface area contributed by atoms with Gasteiger partial charge in [-0.15, -0.1) is 0 Å². The molecule has 0 radical (unpaired) electrons. The number of rotatable bonds is 0. The van der Waals surface area contributed by atoms with Gasteiger partial charge in [-0.3, -0.25) is 0 Å². The largest absolute Gasteiger partial charge is 0.313 e. The Labute approximate surface area is 58.8 Å². The molecule has 3 heteroatoms. The summed E-state index contributed by atoms with van der Waals surface area (Å²) in [5.41, 5.74) is 0. The molecule has 1 aliphatic heterocycles. The Morgan fingerprint density at radius 2 is 2.10 bits per heavy atom. The van der Waals surface area contributed by atoms with Crippen LogP contribution in [0.15, 0.2) is 0 Å². The molecule has 1 nitrogen and oxygen atoms in total. The number of halogens is 2. The third-order valence-electron chi connectivity index (χ3n) is 2.68. The summed E-state index contributed by atoms with van der Waals surface area (Å²) >= 11 is 0. The Hall–Kier alpha value is -0.180. The van der Waals surface area contributed by atoms with E-state index < -0.39 is 5.92 Å². The van der Waals surface area contributed by atoms with E-state index in [0.29, 0.717) is 13.0 Å². The lowest BCUT2D eigenvalue weighted by Crippen LogP contribution is -2.57. The summed E-state index contributed by atoms with van der Waals surface area (Å²) in [4.78, 5) is 0. The van der Waals surface area contributed by atoms with Crippen molar-refractivity contribution in [3.8, 4) is 0 Å². The van der Waals surface area contributed by atoms with Gasteiger partial charge in [0, 0.05) is 24.9 Å². The fraction of sp³-hybridized carbons (Fsp3) is 1.00. The molecular weight excluding hydrogens is 136 g/mol. The molecule has 2 rings (SSSR count). The van der Waals surface area contributed by atoms with Crippen molar-refractivity contribution in [1.82, 2.24) is 5.32 Å². The molecule has 1 N–H and O–H groups in total. The SMILES string of the molecule is FC1(F)CCNC2CCC21. The van der Waals surface area contributed by atoms with Crippen molar-refractivity contribution in [3.63, 3.8) is 0 Å². The van der Waals surface area contributed by atoms with Crippen LogP contribution in [0.5, 0.6) is 0 Å². The van der Waals surface area contributed by atoms with Crippen molar-refractivity contribution in [1.29, 1.82) is 0 Å². The first-order chi connectivity index (χ1) is 4.70. The van der Waals surface area contributed by atoms with Crippen LogP contribution in [-0.2, 0) is 0 Å². The van der Waals surface area contributed by atoms with Crippen molar-refractivity contribution in [2.75, 3.05) is 6.54 Å². The highest BCUT2D eigenvalue weighted by Gasteiger charge is 2.51. The number of nitrogens with one attached hydrogen (secondary N) is 1. The van der Waals surface area contributed by atoms with Gasteiger partial charge in [0.05, 0.1) is 0 Å². The Bertz CT molecular complexity index is 147. The number of hydrogen-bond donors (Lipinski definition) is 1. The van der Waals surface area contributed by atoms with Crippen LogP contribution >= 0.6 is 0 Å². The van der Waals surface area contributed by atoms with Crippen LogP contribution in [0, 0.1) is 5.92 Å². The monoisotopic (exact) mass is 147 g/mol. The normalized spacial score (nSPS) is 43.8. The summed E-state index contributed by atoms with van der Waals surface area (Å²) < 4.78 is 25.7. The first-order valence-electron chi connectivity index (χ1n) is 3.81. The smallest absolute Gasteiger partial charge is 0.253 e. The predicted octanol–water partition coefficient (Wildman–Crippen LogP) is 1.39. The minimum Gasteiger partial charge on any atom is -0.313 e. The van der Waals surface area contributed by atoms with Crippen LogP contribution in [0.1, 0.15) is 19.3 Å². The number of alkyl halides is 2. The standard InChI is InChI=1S/C7H11F2N/c8-7(9)3-4-10-6-2-1-5(6)7/h5-6,10H,1-4H2. The molecule has 2 atom stereocenters. The molecular formula is C7H11F2N. The molecule has 0 aromatic heterocycles. The first kappa shape index (κ1) is 6.53. The van der Waals surface area contributed by atoms with Crippen molar-refractivity contribution < 1.29 is 8.78 Å². The molecule has 2 aliphatic rings. The van der Waals surface area contributed by atoms with E-state index in [-0.39, 0.29) is 18.4 Å². The molecule has 0 amide bonds. The van der Waals surface area contributed by atoms with Gasteiger partial charge >= 0.3 is 0 Å². The van der Waals surface area contributed by atoms with Crippen LogP contribution < -0.4 is 5.32 Å². The molecule has 58 valence electrons. The summed E-state index contributed by atoms with van der Waals surface area (Å²) in [5.74, 6) is -2.71. The highest BCUT2D eigenvalue weighted by molar-refractivity contribution is 4.98. The third kappa shape index (κ3) is 0.764. The summed E-state index contributed by atoms with van der Waals surface area (Å²) in [5, 5.41) is 3.09. The highest BCUT2D eigenvalue weighted by Crippen LogP contribution is 2.44. The number of fused-ring (bicyclic) bond motifs is 1. The topological polar surface area (TPSA) is 12.0 Å². The van der Waals surface area contributed by atoms with Crippen LogP contribution in [0.4, 0.5) is 8.78 Å². The maximum atomic E-state index is 12.9. The van der Waals surface area contributed by atoms with Gasteiger partial charge < -0.3 is 5.32 Å². The Balaban J connectivity index is 2.08. The van der Waals surface area contributed by atoms with Gasteiger partial charge in [-0.05, 0) is 12.8 Å². The van der Waals surface area contributed by atoms with Crippen LogP contribution in [-0.4, -0.2) is 18.5 Å². The minimum atomic E-state index is -2.37. The molecule has 1 heterocycles. The lowest BCUT2D eigenvalue weighted by Gasteiger charge is -2.46. The van der Waals surface area contributed by atoms with E-state index in [1.54, 1.807) is 0 Å². The Morgan fingerprint density at radius 1 is 1.30 bits per heavy atom. The summed E-state index contributed by atoms with van der Waals surface area (Å²) in [6.07, 6.45) is 1.69. The molecule has 1 aliphatic carbocycles. The lowest BCUT2D eigenvalue weighted by molar-refractivity contribution is -0.127. The van der Waals surface area contributed by atoms with E-state index in [1.165, 1.54) is 0 Å². The van der Waals surface area contributed by atoms with Gasteiger partial charge in [-0.25, -0.2) is 8.78 Å². The molecule has 0 aromatic rings. The quantitative estimate of drug-likeness (QED) is 0.546. The zero-order valence-corrected chi connectivity index (χ0v) is 5.74. The second kappa shape index (κ2) is 1.91. The van der Waals surface area contributed by atoms with E-state index in [0.717, 1.165) is 6.42 Å². The van der Waals surface area contributed by atoms with Crippen LogP contribution in [0.2, 0.25) is 0 Å². The molecule has 10 heavy (non-hydrogen) atoms. The lowest BCUT2D eigenvalue weighted by atomic mass is 9.72. The molecule has 2 fully saturated rings. The van der Waals surface area contributed by atoms with E-state index >= 15 is 0 Å². The second-order valence-corrected chi connectivity index (χ2v) is 3.26. The average molecular weight is 147 g/mol. The van der Waals surface area contributed by atoms with E-state index in [9.17, 15) is 8.78 Å². The van der Waals surface area contributed by atoms with Gasteiger partial charge in [0.25, 0.3) is 5.92 Å². The maximum absolute atomic E-state index is 12.9. The first-order valence-corrected chi connectivity index (χ1v) is 3.81. The van der Waals surface area contributed by atoms with Crippen molar-refractivity contribution >= 4 is 0 Å². The van der Waals surface area contributed by atoms with Crippen molar-refractivity contribution in [2.45, 2.75) is 31.2 Å². The van der Waals surface area contributed by atoms with Gasteiger partial charge in [0.1, 0.15) is 0 Å². The maximum Gasteiger partial charge on any atom is 0.253 e. The van der Waals surface area contributed by atoms with Gasteiger partial charge in [-0.2, -0.15) is 0 Å². The van der Waals surface area contributed by atoms with Crippen molar-refractivity contribution in [3.05, 3.63) is 0 Å². The van der Waals surface area contributed by atoms with Crippen LogP contribution in [0.25, 0.3) is 0 Å². The Morgan fingerprint density at radius 3 is 2.50 bits per heavy atom.